The minimum atomic E-state index is -1.99. The summed E-state index contributed by atoms with van der Waals surface area (Å²) < 4.78 is -3.99. The first-order chi connectivity index (χ1) is 9.39. The molecule has 4 N–H and O–H groups in total. The zero-order chi connectivity index (χ0) is 16.4. The highest BCUT2D eigenvalue weighted by Crippen LogP contribution is 2.31. The maximum atomic E-state index is 9.59. The molecule has 7 nitrogen and oxygen atoms in total. The van der Waals surface area contributed by atoms with Crippen molar-refractivity contribution in [2.45, 2.75) is 27.0 Å². The smallest absolute Gasteiger partial charge is 0.234 e. The number of anilines is 2. The van der Waals surface area contributed by atoms with Crippen molar-refractivity contribution in [3.05, 3.63) is 5.82 Å². The van der Waals surface area contributed by atoms with Crippen LogP contribution in [-0.4, -0.2) is 45.2 Å². The predicted octanol–water partition coefficient (Wildman–Crippen LogP) is 2.38. The molecule has 2 atom stereocenters. The van der Waals surface area contributed by atoms with Gasteiger partial charge in [0.05, 0.1) is 0 Å². The van der Waals surface area contributed by atoms with Gasteiger partial charge in [0, 0.05) is 0 Å². The molecule has 21 heavy (non-hydrogen) atoms. The first kappa shape index (κ1) is 19.3. The molecule has 0 fully saturated rings. The fraction of sp³-hybridized carbons (Fsp3) is 0.625. The summed E-state index contributed by atoms with van der Waals surface area (Å²) in [5.74, 6) is 0.0173. The van der Waals surface area contributed by atoms with Crippen LogP contribution in [0.1, 0.15) is 5.82 Å². The number of nitrogens with one attached hydrogen (secondary N) is 2. The number of nitrogens with zero attached hydrogens (tertiary/aromatic N) is 3. The minimum absolute atomic E-state index is 0.111. The standard InChI is InChI=1S/C8H9Cl6N5O2/c1-2-15-5(17-3(20)7(9,10)11)19-6(16-2)18-4(21)8(12,13)14/h3-4,20-21H,1H3,(H2,15,16,17,18,19). The Morgan fingerprint density at radius 3 is 1.43 bits per heavy atom. The molecule has 0 aliphatic carbocycles. The van der Waals surface area contributed by atoms with E-state index in [9.17, 15) is 10.2 Å². The molecular weight excluding hydrogens is 411 g/mol. The molecule has 2 unspecified atom stereocenters. The highest BCUT2D eigenvalue weighted by atomic mass is 35.6. The van der Waals surface area contributed by atoms with Crippen LogP contribution in [0, 0.1) is 6.92 Å². The lowest BCUT2D eigenvalue weighted by Crippen LogP contribution is -2.35. The van der Waals surface area contributed by atoms with E-state index in [1.54, 1.807) is 0 Å². The van der Waals surface area contributed by atoms with Crippen molar-refractivity contribution in [1.82, 2.24) is 15.0 Å². The van der Waals surface area contributed by atoms with Gasteiger partial charge in [0.15, 0.2) is 12.5 Å². The highest BCUT2D eigenvalue weighted by Gasteiger charge is 2.33. The molecular formula is C8H9Cl6N5O2. The van der Waals surface area contributed by atoms with Crippen LogP contribution in [0.4, 0.5) is 11.9 Å². The molecule has 1 aromatic rings. The summed E-state index contributed by atoms with van der Waals surface area (Å²) in [5.41, 5.74) is 0. The predicted molar refractivity (Wildman–Crippen MR) is 84.4 cm³/mol. The lowest BCUT2D eigenvalue weighted by atomic mass is 10.6. The maximum Gasteiger partial charge on any atom is 0.234 e. The highest BCUT2D eigenvalue weighted by molar-refractivity contribution is 6.68. The molecule has 120 valence electrons. The van der Waals surface area contributed by atoms with Gasteiger partial charge in [-0.3, -0.25) is 0 Å². The van der Waals surface area contributed by atoms with Crippen molar-refractivity contribution in [2.24, 2.45) is 0 Å². The summed E-state index contributed by atoms with van der Waals surface area (Å²) in [6.45, 7) is 1.53. The minimum Gasteiger partial charge on any atom is -0.369 e. The second-order valence-corrected chi connectivity index (χ2v) is 8.44. The zero-order valence-electron chi connectivity index (χ0n) is 10.2. The van der Waals surface area contributed by atoms with E-state index in [1.165, 1.54) is 6.92 Å². The molecule has 0 radical (unpaired) electrons. The average Bonchev–Trinajstić information content (AvgIpc) is 2.25. The molecule has 13 heteroatoms. The number of aromatic nitrogens is 3. The maximum absolute atomic E-state index is 9.59. The largest absolute Gasteiger partial charge is 0.369 e. The topological polar surface area (TPSA) is 103 Å². The lowest BCUT2D eigenvalue weighted by Gasteiger charge is -2.22. The zero-order valence-corrected chi connectivity index (χ0v) is 14.7. The van der Waals surface area contributed by atoms with Gasteiger partial charge < -0.3 is 20.8 Å². The average molecular weight is 420 g/mol. The molecule has 0 aliphatic rings. The monoisotopic (exact) mass is 417 g/mol. The Hall–Kier alpha value is 0.270. The van der Waals surface area contributed by atoms with Crippen molar-refractivity contribution in [1.29, 1.82) is 0 Å². The Morgan fingerprint density at radius 1 is 0.810 bits per heavy atom. The number of rotatable bonds is 4. The van der Waals surface area contributed by atoms with Gasteiger partial charge in [0.2, 0.25) is 19.5 Å². The van der Waals surface area contributed by atoms with Crippen LogP contribution in [0.3, 0.4) is 0 Å². The Morgan fingerprint density at radius 2 is 1.14 bits per heavy atom. The first-order valence-electron chi connectivity index (χ1n) is 5.15. The summed E-state index contributed by atoms with van der Waals surface area (Å²) in [7, 11) is 0. The third kappa shape index (κ3) is 6.50. The van der Waals surface area contributed by atoms with Crippen molar-refractivity contribution in [3.63, 3.8) is 0 Å². The van der Waals surface area contributed by atoms with Crippen LogP contribution in [-0.2, 0) is 0 Å². The molecule has 0 saturated heterocycles. The first-order valence-corrected chi connectivity index (χ1v) is 7.41. The molecule has 0 aromatic carbocycles. The van der Waals surface area contributed by atoms with E-state index in [4.69, 9.17) is 69.6 Å². The van der Waals surface area contributed by atoms with Gasteiger partial charge in [-0.1, -0.05) is 69.6 Å². The number of aryl methyl sites for hydroxylation is 1. The number of halogens is 6. The van der Waals surface area contributed by atoms with E-state index < -0.39 is 20.0 Å². The van der Waals surface area contributed by atoms with Crippen LogP contribution >= 0.6 is 69.6 Å². The molecule has 0 spiro atoms. The third-order valence-corrected chi connectivity index (χ3v) is 3.14. The fourth-order valence-corrected chi connectivity index (χ4v) is 1.35. The van der Waals surface area contributed by atoms with E-state index in [0.717, 1.165) is 0 Å². The van der Waals surface area contributed by atoms with E-state index in [1.807, 2.05) is 0 Å². The van der Waals surface area contributed by atoms with Crippen molar-refractivity contribution < 1.29 is 10.2 Å². The van der Waals surface area contributed by atoms with E-state index in [-0.39, 0.29) is 17.7 Å². The summed E-state index contributed by atoms with van der Waals surface area (Å²) >= 11 is 33.0. The summed E-state index contributed by atoms with van der Waals surface area (Å²) in [6.07, 6.45) is -3.15. The van der Waals surface area contributed by atoms with Crippen molar-refractivity contribution >= 4 is 81.5 Å². The van der Waals surface area contributed by atoms with Gasteiger partial charge in [-0.15, -0.1) is 0 Å². The third-order valence-electron chi connectivity index (χ3n) is 1.90. The summed E-state index contributed by atoms with van der Waals surface area (Å²) in [4.78, 5) is 11.6. The van der Waals surface area contributed by atoms with Gasteiger partial charge in [0.1, 0.15) is 5.82 Å². The van der Waals surface area contributed by atoms with Gasteiger partial charge in [0.25, 0.3) is 0 Å². The molecule has 1 heterocycles. The van der Waals surface area contributed by atoms with Crippen LogP contribution in [0.15, 0.2) is 0 Å². The molecule has 0 saturated carbocycles. The van der Waals surface area contributed by atoms with Gasteiger partial charge in [-0.05, 0) is 6.92 Å². The number of hydrogen-bond acceptors (Lipinski definition) is 7. The van der Waals surface area contributed by atoms with Crippen LogP contribution < -0.4 is 10.6 Å². The second-order valence-electron chi connectivity index (χ2n) is 3.71. The quantitative estimate of drug-likeness (QED) is 0.439. The Bertz CT molecular complexity index is 453. The summed E-state index contributed by atoms with van der Waals surface area (Å²) in [6, 6.07) is 0. The Kier molecular flexibility index (Phi) is 6.65. The van der Waals surface area contributed by atoms with Gasteiger partial charge in [-0.25, -0.2) is 0 Å². The molecule has 0 aliphatic heterocycles. The fourth-order valence-electron chi connectivity index (χ4n) is 1.02. The SMILES string of the molecule is Cc1nc(NC(O)C(Cl)(Cl)Cl)nc(NC(O)C(Cl)(Cl)Cl)n1. The van der Waals surface area contributed by atoms with E-state index in [2.05, 4.69) is 25.6 Å². The molecule has 0 bridgehead atoms. The Balaban J connectivity index is 2.90. The molecule has 1 rings (SSSR count). The molecule has 0 amide bonds. The van der Waals surface area contributed by atoms with Crippen molar-refractivity contribution in [3.8, 4) is 0 Å². The van der Waals surface area contributed by atoms with Crippen LogP contribution in [0.25, 0.3) is 0 Å². The Labute approximate surface area is 149 Å². The second kappa shape index (κ2) is 7.23. The molecule has 1 aromatic heterocycles. The number of aliphatic hydroxyl groups is 2. The van der Waals surface area contributed by atoms with Gasteiger partial charge in [-0.2, -0.15) is 15.0 Å². The van der Waals surface area contributed by atoms with Crippen molar-refractivity contribution in [2.75, 3.05) is 10.6 Å². The number of hydrogen-bond donors (Lipinski definition) is 4. The van der Waals surface area contributed by atoms with Gasteiger partial charge >= 0.3 is 0 Å². The van der Waals surface area contributed by atoms with Crippen LogP contribution in [0.2, 0.25) is 0 Å². The lowest BCUT2D eigenvalue weighted by molar-refractivity contribution is 0.206. The van der Waals surface area contributed by atoms with E-state index >= 15 is 0 Å². The summed E-state index contributed by atoms with van der Waals surface area (Å²) in [5, 5.41) is 23.9. The number of aliphatic hydroxyl groups excluding tert-OH is 2. The van der Waals surface area contributed by atoms with E-state index in [0.29, 0.717) is 0 Å². The van der Waals surface area contributed by atoms with Crippen LogP contribution in [0.5, 0.6) is 0 Å². The normalized spacial score (nSPS) is 15.5. The number of alkyl halides is 6.